The van der Waals surface area contributed by atoms with Crippen LogP contribution in [0, 0.1) is 0 Å². The van der Waals surface area contributed by atoms with Gasteiger partial charge in [0.25, 0.3) is 0 Å². The van der Waals surface area contributed by atoms with E-state index in [-0.39, 0.29) is 0 Å². The van der Waals surface area contributed by atoms with Gasteiger partial charge in [0.1, 0.15) is 5.76 Å². The molecule has 0 unspecified atom stereocenters. The van der Waals surface area contributed by atoms with Crippen molar-refractivity contribution in [2.45, 2.75) is 19.3 Å². The number of nitrogens with zero attached hydrogens (tertiary/aromatic N) is 1. The second-order valence-electron chi connectivity index (χ2n) is 10.0. The molecule has 37 heavy (non-hydrogen) atoms. The smallest absolute Gasteiger partial charge is 0.157 e. The summed E-state index contributed by atoms with van der Waals surface area (Å²) in [4.78, 5) is 2.59. The maximum atomic E-state index is 5.58. The number of methoxy groups -OCH3 is 2. The molecule has 3 nitrogen and oxygen atoms in total. The maximum absolute atomic E-state index is 5.58. The van der Waals surface area contributed by atoms with E-state index in [9.17, 15) is 0 Å². The molecule has 2 aromatic rings. The molecule has 0 aromatic heterocycles. The van der Waals surface area contributed by atoms with Crippen LogP contribution < -0.4 is 0 Å². The summed E-state index contributed by atoms with van der Waals surface area (Å²) >= 11 is 0. The van der Waals surface area contributed by atoms with Gasteiger partial charge >= 0.3 is 0 Å². The average molecular weight is 488 g/mol. The van der Waals surface area contributed by atoms with Crippen molar-refractivity contribution in [3.05, 3.63) is 135 Å². The molecule has 3 aliphatic carbocycles. The van der Waals surface area contributed by atoms with Gasteiger partial charge in [-0.3, -0.25) is 4.90 Å². The highest BCUT2D eigenvalue weighted by molar-refractivity contribution is 5.94. The molecule has 6 rings (SSSR count). The number of allylic oxidation sites excluding steroid dienone is 6. The summed E-state index contributed by atoms with van der Waals surface area (Å²) in [7, 11) is 3.42. The van der Waals surface area contributed by atoms with Gasteiger partial charge in [-0.05, 0) is 63.5 Å². The maximum Gasteiger partial charge on any atom is 0.157 e. The van der Waals surface area contributed by atoms with Crippen molar-refractivity contribution >= 4 is 17.7 Å². The third-order valence-electron chi connectivity index (χ3n) is 7.82. The third-order valence-corrected chi connectivity index (χ3v) is 7.82. The molecule has 1 aliphatic heterocycles. The van der Waals surface area contributed by atoms with E-state index in [0.717, 1.165) is 50.4 Å². The van der Waals surface area contributed by atoms with E-state index < -0.39 is 0 Å². The minimum Gasteiger partial charge on any atom is -0.497 e. The van der Waals surface area contributed by atoms with E-state index in [4.69, 9.17) is 9.47 Å². The lowest BCUT2D eigenvalue weighted by Gasteiger charge is -2.31. The van der Waals surface area contributed by atoms with Gasteiger partial charge in [0, 0.05) is 26.1 Å². The van der Waals surface area contributed by atoms with Crippen LogP contribution in [-0.2, 0) is 9.47 Å². The standard InChI is InChI=1S/C34H33NO2/c1-36-32-21-28-11-7-8-24(20-29(28)22-33(32)37-2)23-35-18-16-27(17-19-35)34-30-12-5-3-9-25(30)14-15-26-10-4-6-13-31(26)34/h3-15,20,22H,16-19,21,23H2,1-2H3. The second-order valence-corrected chi connectivity index (χ2v) is 10.0. The lowest BCUT2D eigenvalue weighted by Crippen LogP contribution is -2.32. The molecular weight excluding hydrogens is 454 g/mol. The third kappa shape index (κ3) is 4.68. The normalized spacial score (nSPS) is 19.1. The lowest BCUT2D eigenvalue weighted by atomic mass is 9.86. The molecule has 1 saturated heterocycles. The van der Waals surface area contributed by atoms with Crippen LogP contribution in [0.15, 0.2) is 113 Å². The molecule has 0 N–H and O–H groups in total. The topological polar surface area (TPSA) is 21.7 Å². The molecule has 0 amide bonds. The minimum atomic E-state index is 0.762. The van der Waals surface area contributed by atoms with Crippen molar-refractivity contribution in [2.75, 3.05) is 33.9 Å². The summed E-state index contributed by atoms with van der Waals surface area (Å²) in [5.74, 6) is 1.70. The number of likely N-dealkylation sites (tertiary alicyclic amines) is 1. The highest BCUT2D eigenvalue weighted by Crippen LogP contribution is 2.39. The van der Waals surface area contributed by atoms with Crippen molar-refractivity contribution in [3.8, 4) is 0 Å². The van der Waals surface area contributed by atoms with Crippen LogP contribution in [0.5, 0.6) is 0 Å². The Morgan fingerprint density at radius 1 is 0.784 bits per heavy atom. The van der Waals surface area contributed by atoms with Crippen molar-refractivity contribution in [2.24, 2.45) is 0 Å². The Bertz CT molecular complexity index is 1380. The Labute approximate surface area is 220 Å². The first-order valence-electron chi connectivity index (χ1n) is 13.2. The van der Waals surface area contributed by atoms with E-state index >= 15 is 0 Å². The Balaban J connectivity index is 1.24. The van der Waals surface area contributed by atoms with Crippen molar-refractivity contribution in [1.82, 2.24) is 4.90 Å². The fraction of sp³-hybridized carbons (Fsp3) is 0.235. The number of rotatable bonds is 4. The molecule has 1 fully saturated rings. The van der Waals surface area contributed by atoms with Crippen LogP contribution in [0.4, 0.5) is 0 Å². The summed E-state index contributed by atoms with van der Waals surface area (Å²) in [6, 6.07) is 17.7. The zero-order valence-electron chi connectivity index (χ0n) is 21.7. The van der Waals surface area contributed by atoms with E-state index in [2.05, 4.69) is 96.0 Å². The second kappa shape index (κ2) is 10.3. The Morgan fingerprint density at radius 3 is 2.11 bits per heavy atom. The van der Waals surface area contributed by atoms with Crippen LogP contribution in [0.25, 0.3) is 17.7 Å². The van der Waals surface area contributed by atoms with Gasteiger partial charge in [-0.25, -0.2) is 0 Å². The molecule has 0 saturated carbocycles. The number of fused-ring (bicyclic) bond motifs is 3. The lowest BCUT2D eigenvalue weighted by molar-refractivity contribution is 0.223. The SMILES string of the molecule is COC1=C(OC)CC2=CC=CC(CN3CCC(=C4c5ccccc5C=Cc5ccccc54)CC3)=CC2=C1. The molecule has 0 spiro atoms. The summed E-state index contributed by atoms with van der Waals surface area (Å²) in [5.41, 5.74) is 12.2. The van der Waals surface area contributed by atoms with Gasteiger partial charge in [-0.1, -0.05) is 90.6 Å². The number of piperidine rings is 1. The number of benzene rings is 2. The predicted molar refractivity (Wildman–Crippen MR) is 153 cm³/mol. The first-order valence-corrected chi connectivity index (χ1v) is 13.2. The van der Waals surface area contributed by atoms with Gasteiger partial charge in [0.15, 0.2) is 5.76 Å². The van der Waals surface area contributed by atoms with Crippen LogP contribution in [0.3, 0.4) is 0 Å². The number of hydrogen-bond donors (Lipinski definition) is 0. The fourth-order valence-corrected chi connectivity index (χ4v) is 5.88. The number of hydrogen-bond acceptors (Lipinski definition) is 3. The van der Waals surface area contributed by atoms with Gasteiger partial charge in [-0.15, -0.1) is 0 Å². The highest BCUT2D eigenvalue weighted by Gasteiger charge is 2.24. The molecule has 1 heterocycles. The quantitative estimate of drug-likeness (QED) is 0.385. The van der Waals surface area contributed by atoms with E-state index in [1.165, 1.54) is 44.5 Å². The molecule has 2 aromatic carbocycles. The Morgan fingerprint density at radius 2 is 1.46 bits per heavy atom. The first kappa shape index (κ1) is 23.6. The van der Waals surface area contributed by atoms with E-state index in [1.807, 2.05) is 0 Å². The first-order chi connectivity index (χ1) is 18.2. The Kier molecular flexibility index (Phi) is 6.55. The van der Waals surface area contributed by atoms with Crippen LogP contribution in [0.1, 0.15) is 41.5 Å². The molecule has 0 bridgehead atoms. The van der Waals surface area contributed by atoms with Crippen LogP contribution in [-0.4, -0.2) is 38.8 Å². The molecule has 0 atom stereocenters. The van der Waals surface area contributed by atoms with Crippen molar-refractivity contribution < 1.29 is 9.47 Å². The zero-order chi connectivity index (χ0) is 25.2. The summed E-state index contributed by atoms with van der Waals surface area (Å²) < 4.78 is 11.1. The minimum absolute atomic E-state index is 0.762. The largest absolute Gasteiger partial charge is 0.497 e. The average Bonchev–Trinajstić information content (AvgIpc) is 3.24. The van der Waals surface area contributed by atoms with E-state index in [0.29, 0.717) is 0 Å². The predicted octanol–water partition coefficient (Wildman–Crippen LogP) is 7.33. The molecule has 3 heteroatoms. The molecule has 186 valence electrons. The summed E-state index contributed by atoms with van der Waals surface area (Å²) in [6.07, 6.45) is 18.5. The van der Waals surface area contributed by atoms with Crippen molar-refractivity contribution in [1.29, 1.82) is 0 Å². The summed E-state index contributed by atoms with van der Waals surface area (Å²) in [5, 5.41) is 0. The van der Waals surface area contributed by atoms with Crippen molar-refractivity contribution in [3.63, 3.8) is 0 Å². The number of ether oxygens (including phenoxy) is 2. The molecular formula is C34H33NO2. The van der Waals surface area contributed by atoms with Gasteiger partial charge < -0.3 is 9.47 Å². The van der Waals surface area contributed by atoms with Gasteiger partial charge in [0.05, 0.1) is 14.2 Å². The van der Waals surface area contributed by atoms with Crippen LogP contribution >= 0.6 is 0 Å². The Hall–Kier alpha value is -3.82. The zero-order valence-corrected chi connectivity index (χ0v) is 21.7. The van der Waals surface area contributed by atoms with E-state index in [1.54, 1.807) is 19.8 Å². The monoisotopic (exact) mass is 487 g/mol. The molecule has 0 radical (unpaired) electrons. The highest BCUT2D eigenvalue weighted by atomic mass is 16.5. The van der Waals surface area contributed by atoms with Gasteiger partial charge in [-0.2, -0.15) is 0 Å². The fourth-order valence-electron chi connectivity index (χ4n) is 5.88. The summed E-state index contributed by atoms with van der Waals surface area (Å²) in [6.45, 7) is 3.09. The molecule has 4 aliphatic rings. The van der Waals surface area contributed by atoms with Crippen LogP contribution in [0.2, 0.25) is 0 Å². The van der Waals surface area contributed by atoms with Gasteiger partial charge in [0.2, 0.25) is 0 Å².